The van der Waals surface area contributed by atoms with Crippen molar-refractivity contribution in [3.8, 4) is 17.2 Å². The number of carbonyl (C=O) groups excluding carboxylic acids is 2. The molecule has 1 fully saturated rings. The maximum absolute atomic E-state index is 13.6. The highest BCUT2D eigenvalue weighted by molar-refractivity contribution is 6.51. The van der Waals surface area contributed by atoms with Gasteiger partial charge in [-0.05, 0) is 74.7 Å². The Hall–Kier alpha value is -4.26. The number of benzene rings is 3. The lowest BCUT2D eigenvalue weighted by Crippen LogP contribution is -2.30. The molecule has 0 spiro atoms. The van der Waals surface area contributed by atoms with E-state index in [1.807, 2.05) is 45.9 Å². The molecule has 1 amide bonds. The van der Waals surface area contributed by atoms with E-state index in [1.165, 1.54) is 4.90 Å². The fourth-order valence-electron chi connectivity index (χ4n) is 4.56. The van der Waals surface area contributed by atoms with Gasteiger partial charge in [-0.1, -0.05) is 30.3 Å². The number of rotatable bonds is 8. The van der Waals surface area contributed by atoms with E-state index in [0.717, 1.165) is 11.1 Å². The second kappa shape index (κ2) is 10.8. The smallest absolute Gasteiger partial charge is 0.300 e. The van der Waals surface area contributed by atoms with E-state index in [2.05, 4.69) is 0 Å². The number of aliphatic hydroxyl groups excluding tert-OH is 1. The molecule has 192 valence electrons. The summed E-state index contributed by atoms with van der Waals surface area (Å²) in [5.41, 5.74) is 3.35. The van der Waals surface area contributed by atoms with Gasteiger partial charge in [0.1, 0.15) is 11.5 Å². The molecule has 1 saturated heterocycles. The van der Waals surface area contributed by atoms with Crippen molar-refractivity contribution in [1.29, 1.82) is 0 Å². The highest BCUT2D eigenvalue weighted by Crippen LogP contribution is 2.45. The lowest BCUT2D eigenvalue weighted by atomic mass is 9.94. The number of anilines is 1. The van der Waals surface area contributed by atoms with Crippen LogP contribution in [0, 0.1) is 13.8 Å². The molecule has 1 aliphatic heterocycles. The third-order valence-corrected chi connectivity index (χ3v) is 6.29. The van der Waals surface area contributed by atoms with Crippen molar-refractivity contribution < 1.29 is 28.9 Å². The summed E-state index contributed by atoms with van der Waals surface area (Å²) < 4.78 is 16.8. The number of amides is 1. The minimum Gasteiger partial charge on any atom is -0.507 e. The zero-order valence-corrected chi connectivity index (χ0v) is 21.7. The molecule has 37 heavy (non-hydrogen) atoms. The lowest BCUT2D eigenvalue weighted by Gasteiger charge is -2.27. The largest absolute Gasteiger partial charge is 0.507 e. The van der Waals surface area contributed by atoms with E-state index in [4.69, 9.17) is 14.2 Å². The van der Waals surface area contributed by atoms with Crippen LogP contribution in [-0.2, 0) is 9.59 Å². The molecule has 3 aromatic carbocycles. The molecule has 1 unspecified atom stereocenters. The van der Waals surface area contributed by atoms with Gasteiger partial charge in [0.05, 0.1) is 31.9 Å². The van der Waals surface area contributed by atoms with Crippen LogP contribution in [0.15, 0.2) is 66.2 Å². The van der Waals surface area contributed by atoms with Crippen molar-refractivity contribution in [2.45, 2.75) is 33.7 Å². The fourth-order valence-corrected chi connectivity index (χ4v) is 4.56. The molecule has 1 heterocycles. The van der Waals surface area contributed by atoms with Crippen LogP contribution >= 0.6 is 0 Å². The SMILES string of the molecule is CCOc1cccc(/C(O)=C2/C(=O)C(=O)N(c3cc(C)ccc3C)C2c2ccc(OC)c(OCC)c2)c1. The molecular formula is C30H31NO6. The van der Waals surface area contributed by atoms with Gasteiger partial charge in [0.15, 0.2) is 11.5 Å². The number of aliphatic hydroxyl groups is 1. The van der Waals surface area contributed by atoms with E-state index in [-0.39, 0.29) is 11.3 Å². The van der Waals surface area contributed by atoms with Crippen LogP contribution in [0.4, 0.5) is 5.69 Å². The van der Waals surface area contributed by atoms with Crippen molar-refractivity contribution in [3.63, 3.8) is 0 Å². The average Bonchev–Trinajstić information content (AvgIpc) is 3.15. The van der Waals surface area contributed by atoms with Gasteiger partial charge in [-0.25, -0.2) is 0 Å². The molecule has 0 aliphatic carbocycles. The molecule has 0 bridgehead atoms. The van der Waals surface area contributed by atoms with Gasteiger partial charge in [-0.15, -0.1) is 0 Å². The van der Waals surface area contributed by atoms with Gasteiger partial charge in [0, 0.05) is 11.3 Å². The van der Waals surface area contributed by atoms with Crippen molar-refractivity contribution in [3.05, 3.63) is 88.5 Å². The zero-order chi connectivity index (χ0) is 26.7. The van der Waals surface area contributed by atoms with Crippen molar-refractivity contribution in [2.75, 3.05) is 25.2 Å². The molecule has 1 aliphatic rings. The molecule has 0 radical (unpaired) electrons. The van der Waals surface area contributed by atoms with E-state index < -0.39 is 17.7 Å². The van der Waals surface area contributed by atoms with Crippen LogP contribution in [-0.4, -0.2) is 37.1 Å². The highest BCUT2D eigenvalue weighted by atomic mass is 16.5. The van der Waals surface area contributed by atoms with Gasteiger partial charge >= 0.3 is 0 Å². The van der Waals surface area contributed by atoms with Crippen LogP contribution in [0.25, 0.3) is 5.76 Å². The van der Waals surface area contributed by atoms with E-state index in [9.17, 15) is 14.7 Å². The Labute approximate surface area is 216 Å². The highest BCUT2D eigenvalue weighted by Gasteiger charge is 2.47. The number of aryl methyl sites for hydroxylation is 2. The number of Topliss-reactive ketones (excluding diaryl/α,β-unsaturated/α-hetero) is 1. The van der Waals surface area contributed by atoms with E-state index >= 15 is 0 Å². The molecule has 3 aromatic rings. The first-order chi connectivity index (χ1) is 17.8. The van der Waals surface area contributed by atoms with Gasteiger partial charge in [-0.2, -0.15) is 0 Å². The fraction of sp³-hybridized carbons (Fsp3) is 0.267. The van der Waals surface area contributed by atoms with Gasteiger partial charge in [0.25, 0.3) is 11.7 Å². The summed E-state index contributed by atoms with van der Waals surface area (Å²) in [6.07, 6.45) is 0. The summed E-state index contributed by atoms with van der Waals surface area (Å²) in [6.45, 7) is 8.39. The van der Waals surface area contributed by atoms with Gasteiger partial charge < -0.3 is 19.3 Å². The summed E-state index contributed by atoms with van der Waals surface area (Å²) in [5, 5.41) is 11.5. The zero-order valence-electron chi connectivity index (χ0n) is 21.7. The molecule has 4 rings (SSSR count). The Bertz CT molecular complexity index is 1380. The summed E-state index contributed by atoms with van der Waals surface area (Å²) in [5.74, 6) is -0.193. The minimum atomic E-state index is -0.888. The van der Waals surface area contributed by atoms with E-state index in [1.54, 1.807) is 49.6 Å². The maximum Gasteiger partial charge on any atom is 0.300 e. The Morgan fingerprint density at radius 1 is 0.919 bits per heavy atom. The number of hydrogen-bond donors (Lipinski definition) is 1. The Balaban J connectivity index is 1.98. The number of carbonyl (C=O) groups is 2. The summed E-state index contributed by atoms with van der Waals surface area (Å²) in [7, 11) is 1.55. The topological polar surface area (TPSA) is 85.3 Å². The molecule has 7 nitrogen and oxygen atoms in total. The minimum absolute atomic E-state index is 0.00725. The second-order valence-electron chi connectivity index (χ2n) is 8.76. The lowest BCUT2D eigenvalue weighted by molar-refractivity contribution is -0.132. The molecule has 0 saturated carbocycles. The number of ether oxygens (including phenoxy) is 3. The van der Waals surface area contributed by atoms with E-state index in [0.29, 0.717) is 47.3 Å². The third-order valence-electron chi connectivity index (χ3n) is 6.29. The van der Waals surface area contributed by atoms with Gasteiger partial charge in [-0.3, -0.25) is 14.5 Å². The predicted molar refractivity (Wildman–Crippen MR) is 142 cm³/mol. The summed E-state index contributed by atoms with van der Waals surface area (Å²) >= 11 is 0. The van der Waals surface area contributed by atoms with Crippen LogP contribution in [0.2, 0.25) is 0 Å². The Morgan fingerprint density at radius 2 is 1.68 bits per heavy atom. The second-order valence-corrected chi connectivity index (χ2v) is 8.76. The van der Waals surface area contributed by atoms with Crippen molar-refractivity contribution in [1.82, 2.24) is 0 Å². The predicted octanol–water partition coefficient (Wildman–Crippen LogP) is 5.74. The maximum atomic E-state index is 13.6. The standard InChI is InChI=1S/C30H31NO6/c1-6-36-22-10-8-9-21(16-22)28(32)26-27(20-13-14-24(35-5)25(17-20)37-7-2)31(30(34)29(26)33)23-15-18(3)11-12-19(23)4/h8-17,27,32H,6-7H2,1-5H3/b28-26-. The number of methoxy groups -OCH3 is 1. The molecule has 1 N–H and O–H groups in total. The summed E-state index contributed by atoms with van der Waals surface area (Å²) in [4.78, 5) is 28.5. The van der Waals surface area contributed by atoms with Crippen LogP contribution in [0.5, 0.6) is 17.2 Å². The first kappa shape index (κ1) is 25.8. The molecule has 7 heteroatoms. The van der Waals surface area contributed by atoms with Crippen LogP contribution in [0.1, 0.15) is 42.1 Å². The Kier molecular flexibility index (Phi) is 7.53. The first-order valence-electron chi connectivity index (χ1n) is 12.2. The Morgan fingerprint density at radius 3 is 2.38 bits per heavy atom. The number of ketones is 1. The van der Waals surface area contributed by atoms with Crippen molar-refractivity contribution in [2.24, 2.45) is 0 Å². The number of nitrogens with zero attached hydrogens (tertiary/aromatic N) is 1. The first-order valence-corrected chi connectivity index (χ1v) is 12.2. The number of hydrogen-bond acceptors (Lipinski definition) is 6. The van der Waals surface area contributed by atoms with Crippen molar-refractivity contribution >= 4 is 23.1 Å². The monoisotopic (exact) mass is 501 g/mol. The van der Waals surface area contributed by atoms with Crippen LogP contribution in [0.3, 0.4) is 0 Å². The quantitative estimate of drug-likeness (QED) is 0.241. The van der Waals surface area contributed by atoms with Gasteiger partial charge in [0.2, 0.25) is 0 Å². The normalized spacial score (nSPS) is 16.7. The van der Waals surface area contributed by atoms with Crippen LogP contribution < -0.4 is 19.1 Å². The average molecular weight is 502 g/mol. The molecule has 1 atom stereocenters. The molecule has 0 aromatic heterocycles. The third kappa shape index (κ3) is 4.89. The summed E-state index contributed by atoms with van der Waals surface area (Å²) in [6, 6.07) is 16.9. The molecular weight excluding hydrogens is 470 g/mol.